The Morgan fingerprint density at radius 2 is 1.97 bits per heavy atom. The van der Waals surface area contributed by atoms with Crippen LogP contribution in [0, 0.1) is 0 Å². The van der Waals surface area contributed by atoms with Crippen LogP contribution in [-0.2, 0) is 4.79 Å². The van der Waals surface area contributed by atoms with Crippen molar-refractivity contribution in [3.8, 4) is 0 Å². The smallest absolute Gasteiger partial charge is 0.146 e. The van der Waals surface area contributed by atoms with Gasteiger partial charge in [-0.2, -0.15) is 0 Å². The normalized spacial score (nSPS) is 11.9. The number of hydrogen-bond acceptors (Lipinski definition) is 4. The van der Waals surface area contributed by atoms with Crippen LogP contribution < -0.4 is 5.32 Å². The Balaban J connectivity index is 1.77. The maximum Gasteiger partial charge on any atom is 0.146 e. The Hall–Kier alpha value is -2.92. The third-order valence-electron chi connectivity index (χ3n) is 4.78. The van der Waals surface area contributed by atoms with E-state index in [1.54, 1.807) is 0 Å². The first-order valence-corrected chi connectivity index (χ1v) is 10.2. The van der Waals surface area contributed by atoms with Crippen LogP contribution in [0.2, 0.25) is 0 Å². The van der Waals surface area contributed by atoms with E-state index < -0.39 is 0 Å². The molecule has 0 saturated heterocycles. The van der Waals surface area contributed by atoms with E-state index in [1.807, 2.05) is 61.6 Å². The van der Waals surface area contributed by atoms with Gasteiger partial charge in [-0.1, -0.05) is 31.2 Å². The third-order valence-corrected chi connectivity index (χ3v) is 4.78. The molecule has 0 unspecified atom stereocenters. The van der Waals surface area contributed by atoms with Crippen LogP contribution in [0.1, 0.15) is 38.3 Å². The molecule has 0 aliphatic rings. The molecule has 0 bridgehead atoms. The summed E-state index contributed by atoms with van der Waals surface area (Å²) >= 11 is 0. The molecule has 0 saturated carbocycles. The zero-order valence-electron chi connectivity index (χ0n) is 17.5. The highest BCUT2D eigenvalue weighted by atomic mass is 16.1. The molecule has 0 fully saturated rings. The molecule has 2 heterocycles. The standard InChI is InChI=1S/C24H30N4O/c1-4-9-18(10-8-13-20(29)17-28(2)3)23-16-21-22(14-15-25-24(21)27-23)26-19-11-6-5-7-12-19/h5-7,9,11-12,14-16H,4,8,10,13,17H2,1-3H3,(H2,25,26,27)/b18-9+. The molecule has 3 rings (SSSR count). The second-order valence-corrected chi connectivity index (χ2v) is 7.56. The van der Waals surface area contributed by atoms with Crippen LogP contribution in [0.5, 0.6) is 0 Å². The summed E-state index contributed by atoms with van der Waals surface area (Å²) in [6.45, 7) is 2.65. The molecule has 0 aliphatic heterocycles. The maximum absolute atomic E-state index is 12.0. The van der Waals surface area contributed by atoms with E-state index in [4.69, 9.17) is 0 Å². The molecule has 5 nitrogen and oxygen atoms in total. The number of allylic oxidation sites excluding steroid dienone is 2. The average Bonchev–Trinajstić information content (AvgIpc) is 3.13. The van der Waals surface area contributed by atoms with Gasteiger partial charge in [0.1, 0.15) is 11.4 Å². The number of fused-ring (bicyclic) bond motifs is 1. The van der Waals surface area contributed by atoms with E-state index in [0.717, 1.165) is 47.4 Å². The molecule has 0 amide bonds. The van der Waals surface area contributed by atoms with Crippen LogP contribution in [0.25, 0.3) is 16.6 Å². The number of Topliss-reactive ketones (excluding diaryl/α,β-unsaturated/α-hetero) is 1. The molecule has 29 heavy (non-hydrogen) atoms. The second-order valence-electron chi connectivity index (χ2n) is 7.56. The van der Waals surface area contributed by atoms with Gasteiger partial charge in [-0.25, -0.2) is 4.98 Å². The molecule has 0 atom stereocenters. The van der Waals surface area contributed by atoms with Crippen molar-refractivity contribution in [1.29, 1.82) is 0 Å². The number of ketones is 1. The quantitative estimate of drug-likeness (QED) is 0.486. The predicted molar refractivity (Wildman–Crippen MR) is 121 cm³/mol. The summed E-state index contributed by atoms with van der Waals surface area (Å²) < 4.78 is 0. The summed E-state index contributed by atoms with van der Waals surface area (Å²) in [4.78, 5) is 21.9. The van der Waals surface area contributed by atoms with Gasteiger partial charge in [0.2, 0.25) is 0 Å². The lowest BCUT2D eigenvalue weighted by atomic mass is 10.0. The fourth-order valence-corrected chi connectivity index (χ4v) is 3.49. The zero-order chi connectivity index (χ0) is 20.6. The molecule has 0 spiro atoms. The Kier molecular flexibility index (Phi) is 7.19. The lowest BCUT2D eigenvalue weighted by molar-refractivity contribution is -0.119. The van der Waals surface area contributed by atoms with Gasteiger partial charge in [0.15, 0.2) is 0 Å². The number of carbonyl (C=O) groups excluding carboxylic acids is 1. The summed E-state index contributed by atoms with van der Waals surface area (Å²) in [5.41, 5.74) is 5.27. The first-order valence-electron chi connectivity index (χ1n) is 10.2. The number of anilines is 2. The highest BCUT2D eigenvalue weighted by Crippen LogP contribution is 2.30. The lowest BCUT2D eigenvalue weighted by Crippen LogP contribution is -2.21. The van der Waals surface area contributed by atoms with Crippen molar-refractivity contribution < 1.29 is 4.79 Å². The van der Waals surface area contributed by atoms with Gasteiger partial charge in [-0.3, -0.25) is 4.79 Å². The minimum absolute atomic E-state index is 0.290. The highest BCUT2D eigenvalue weighted by molar-refractivity contribution is 5.94. The van der Waals surface area contributed by atoms with Crippen LogP contribution >= 0.6 is 0 Å². The second kappa shape index (κ2) is 10.0. The maximum atomic E-state index is 12.0. The predicted octanol–water partition coefficient (Wildman–Crippen LogP) is 5.40. The number of para-hydroxylation sites is 1. The van der Waals surface area contributed by atoms with E-state index in [-0.39, 0.29) is 0 Å². The van der Waals surface area contributed by atoms with Crippen LogP contribution in [-0.4, -0.2) is 41.3 Å². The number of aromatic nitrogens is 2. The van der Waals surface area contributed by atoms with Gasteiger partial charge >= 0.3 is 0 Å². The summed E-state index contributed by atoms with van der Waals surface area (Å²) in [5, 5.41) is 4.55. The van der Waals surface area contributed by atoms with Gasteiger partial charge in [0, 0.05) is 29.4 Å². The van der Waals surface area contributed by atoms with E-state index >= 15 is 0 Å². The average molecular weight is 391 g/mol. The summed E-state index contributed by atoms with van der Waals surface area (Å²) in [5.74, 6) is 0.290. The molecule has 152 valence electrons. The van der Waals surface area contributed by atoms with E-state index in [1.165, 1.54) is 5.57 Å². The molecule has 3 aromatic rings. The van der Waals surface area contributed by atoms with Crippen LogP contribution in [0.4, 0.5) is 11.4 Å². The molecule has 0 aliphatic carbocycles. The number of benzene rings is 1. The fraction of sp³-hybridized carbons (Fsp3) is 0.333. The first kappa shape index (κ1) is 20.8. The van der Waals surface area contributed by atoms with Gasteiger partial charge < -0.3 is 15.2 Å². The summed E-state index contributed by atoms with van der Waals surface area (Å²) in [6.07, 6.45) is 7.36. The number of aromatic amines is 1. The van der Waals surface area contributed by atoms with Crippen molar-refractivity contribution in [2.45, 2.75) is 32.6 Å². The van der Waals surface area contributed by atoms with Crippen molar-refractivity contribution in [2.75, 3.05) is 26.0 Å². The molecular formula is C24H30N4O. The number of nitrogens with one attached hydrogen (secondary N) is 2. The minimum atomic E-state index is 0.290. The molecular weight excluding hydrogens is 360 g/mol. The SMILES string of the molecule is CC/C=C(\CCCC(=O)CN(C)C)c1cc2c(Nc3ccccc3)ccnc2[nH]1. The topological polar surface area (TPSA) is 61.0 Å². The summed E-state index contributed by atoms with van der Waals surface area (Å²) in [6, 6.07) is 14.3. The van der Waals surface area contributed by atoms with E-state index in [2.05, 4.69) is 34.4 Å². The fourth-order valence-electron chi connectivity index (χ4n) is 3.49. The Morgan fingerprint density at radius 1 is 1.17 bits per heavy atom. The largest absolute Gasteiger partial charge is 0.355 e. The molecule has 5 heteroatoms. The number of hydrogen-bond donors (Lipinski definition) is 2. The Labute approximate surface area is 172 Å². The van der Waals surface area contributed by atoms with E-state index in [9.17, 15) is 4.79 Å². The van der Waals surface area contributed by atoms with E-state index in [0.29, 0.717) is 18.7 Å². The molecule has 1 aromatic carbocycles. The van der Waals surface area contributed by atoms with Crippen LogP contribution in [0.15, 0.2) is 54.7 Å². The zero-order valence-corrected chi connectivity index (χ0v) is 17.5. The van der Waals surface area contributed by atoms with Crippen molar-refractivity contribution in [2.24, 2.45) is 0 Å². The Bertz CT molecular complexity index is 973. The number of H-pyrrole nitrogens is 1. The van der Waals surface area contributed by atoms with Gasteiger partial charge in [-0.05, 0) is 63.2 Å². The monoisotopic (exact) mass is 390 g/mol. The van der Waals surface area contributed by atoms with Gasteiger partial charge in [0.05, 0.1) is 12.2 Å². The third kappa shape index (κ3) is 5.78. The van der Waals surface area contributed by atoms with Crippen molar-refractivity contribution in [3.63, 3.8) is 0 Å². The lowest BCUT2D eigenvalue weighted by Gasteiger charge is -2.09. The molecule has 2 N–H and O–H groups in total. The first-order chi connectivity index (χ1) is 14.1. The number of nitrogens with zero attached hydrogens (tertiary/aromatic N) is 2. The highest BCUT2D eigenvalue weighted by Gasteiger charge is 2.11. The minimum Gasteiger partial charge on any atom is -0.355 e. The van der Waals surface area contributed by atoms with Gasteiger partial charge in [-0.15, -0.1) is 0 Å². The number of pyridine rings is 1. The Morgan fingerprint density at radius 3 is 2.69 bits per heavy atom. The molecule has 0 radical (unpaired) electrons. The number of carbonyl (C=O) groups is 1. The summed E-state index contributed by atoms with van der Waals surface area (Å²) in [7, 11) is 3.86. The number of likely N-dealkylation sites (N-methyl/N-ethyl adjacent to an activating group) is 1. The van der Waals surface area contributed by atoms with Crippen molar-refractivity contribution in [1.82, 2.24) is 14.9 Å². The van der Waals surface area contributed by atoms with Crippen molar-refractivity contribution >= 4 is 33.8 Å². The van der Waals surface area contributed by atoms with Gasteiger partial charge in [0.25, 0.3) is 0 Å². The number of rotatable bonds is 10. The van der Waals surface area contributed by atoms with Crippen LogP contribution in [0.3, 0.4) is 0 Å². The van der Waals surface area contributed by atoms with Crippen molar-refractivity contribution in [3.05, 3.63) is 60.4 Å². The molecule has 2 aromatic heterocycles.